The zero-order valence-electron chi connectivity index (χ0n) is 21.3. The van der Waals surface area contributed by atoms with E-state index in [-0.39, 0.29) is 5.91 Å². The Hall–Kier alpha value is -3.97. The first-order valence-corrected chi connectivity index (χ1v) is 12.5. The van der Waals surface area contributed by atoms with Crippen LogP contribution in [0.15, 0.2) is 72.9 Å². The summed E-state index contributed by atoms with van der Waals surface area (Å²) in [4.78, 5) is 15.0. The van der Waals surface area contributed by atoms with Gasteiger partial charge in [-0.15, -0.1) is 0 Å². The summed E-state index contributed by atoms with van der Waals surface area (Å²) < 4.78 is 24.5. The van der Waals surface area contributed by atoms with Crippen LogP contribution in [0.1, 0.15) is 16.7 Å². The van der Waals surface area contributed by atoms with Gasteiger partial charge < -0.3 is 28.4 Å². The number of carbonyl (C=O) groups excluding carboxylic acids is 1. The molecule has 1 aromatic heterocycles. The number of amides is 1. The molecule has 0 unspecified atom stereocenters. The Bertz CT molecular complexity index is 1370. The Labute approximate surface area is 217 Å². The highest BCUT2D eigenvalue weighted by Gasteiger charge is 2.20. The van der Waals surface area contributed by atoms with Crippen molar-refractivity contribution < 1.29 is 23.7 Å². The van der Waals surface area contributed by atoms with Crippen LogP contribution in [-0.4, -0.2) is 55.9 Å². The minimum absolute atomic E-state index is 0.117. The summed E-state index contributed by atoms with van der Waals surface area (Å²) in [6.07, 6.45) is 2.43. The zero-order valence-corrected chi connectivity index (χ0v) is 21.3. The van der Waals surface area contributed by atoms with Crippen LogP contribution in [0.4, 0.5) is 0 Å². The third-order valence-corrected chi connectivity index (χ3v) is 6.67. The Balaban J connectivity index is 1.43. The third-order valence-electron chi connectivity index (χ3n) is 6.67. The van der Waals surface area contributed by atoms with Crippen LogP contribution < -0.4 is 14.2 Å². The van der Waals surface area contributed by atoms with Crippen molar-refractivity contribution in [1.82, 2.24) is 9.47 Å². The second-order valence-electron chi connectivity index (χ2n) is 9.12. The van der Waals surface area contributed by atoms with E-state index in [4.69, 9.17) is 18.9 Å². The maximum atomic E-state index is 13.1. The molecule has 7 heteroatoms. The predicted octanol–water partition coefficient (Wildman–Crippen LogP) is 4.69. The molecule has 1 fully saturated rings. The molecular weight excluding hydrogens is 468 g/mol. The van der Waals surface area contributed by atoms with Crippen LogP contribution in [0.2, 0.25) is 0 Å². The Kier molecular flexibility index (Phi) is 7.61. The summed E-state index contributed by atoms with van der Waals surface area (Å²) in [6, 6.07) is 22.0. The van der Waals surface area contributed by atoms with Gasteiger partial charge in [-0.2, -0.15) is 0 Å². The quantitative estimate of drug-likeness (QED) is 0.334. The van der Waals surface area contributed by atoms with Crippen LogP contribution in [0.5, 0.6) is 17.2 Å². The SMILES string of the molecule is COc1cccc(COc2ccc3c(c2)c(CC(=O)N2CCOCC2)cn3Cc2cccc(OC)c2)c1. The summed E-state index contributed by atoms with van der Waals surface area (Å²) in [5, 5.41) is 1.02. The smallest absolute Gasteiger partial charge is 0.227 e. The number of benzene rings is 3. The van der Waals surface area contributed by atoms with Gasteiger partial charge in [0, 0.05) is 36.7 Å². The van der Waals surface area contributed by atoms with Gasteiger partial charge in [0.15, 0.2) is 0 Å². The molecule has 1 saturated heterocycles. The number of rotatable bonds is 9. The second kappa shape index (κ2) is 11.4. The topological polar surface area (TPSA) is 62.2 Å². The van der Waals surface area contributed by atoms with Crippen LogP contribution in [0, 0.1) is 0 Å². The minimum Gasteiger partial charge on any atom is -0.497 e. The molecular formula is C30H32N2O5. The van der Waals surface area contributed by atoms with Gasteiger partial charge in [0.05, 0.1) is 33.9 Å². The number of hydrogen-bond donors (Lipinski definition) is 0. The fraction of sp³-hybridized carbons (Fsp3) is 0.300. The van der Waals surface area contributed by atoms with Crippen molar-refractivity contribution in [2.75, 3.05) is 40.5 Å². The van der Waals surface area contributed by atoms with E-state index in [0.29, 0.717) is 45.9 Å². The van der Waals surface area contributed by atoms with Crippen molar-refractivity contribution in [1.29, 1.82) is 0 Å². The molecule has 0 saturated carbocycles. The highest BCUT2D eigenvalue weighted by molar-refractivity contribution is 5.90. The van der Waals surface area contributed by atoms with Crippen molar-refractivity contribution in [2.24, 2.45) is 0 Å². The standard InChI is InChI=1S/C30H32N2O5/c1-34-25-7-3-5-22(15-25)19-32-20-24(17-30(33)31-11-13-36-14-12-31)28-18-27(9-10-29(28)32)37-21-23-6-4-8-26(16-23)35-2/h3-10,15-16,18,20H,11-14,17,19,21H2,1-2H3. The fourth-order valence-corrected chi connectivity index (χ4v) is 4.70. The summed E-state index contributed by atoms with van der Waals surface area (Å²) in [5.41, 5.74) is 4.20. The zero-order chi connectivity index (χ0) is 25.6. The monoisotopic (exact) mass is 500 g/mol. The minimum atomic E-state index is 0.117. The molecule has 5 rings (SSSR count). The van der Waals surface area contributed by atoms with Gasteiger partial charge in [0.25, 0.3) is 0 Å². The molecule has 4 aromatic rings. The molecule has 0 spiro atoms. The van der Waals surface area contributed by atoms with Gasteiger partial charge >= 0.3 is 0 Å². The first-order chi connectivity index (χ1) is 18.1. The number of methoxy groups -OCH3 is 2. The molecule has 37 heavy (non-hydrogen) atoms. The number of aromatic nitrogens is 1. The number of nitrogens with zero attached hydrogens (tertiary/aromatic N) is 2. The van der Waals surface area contributed by atoms with Gasteiger partial charge in [-0.1, -0.05) is 24.3 Å². The lowest BCUT2D eigenvalue weighted by molar-refractivity contribution is -0.134. The average molecular weight is 501 g/mol. The lowest BCUT2D eigenvalue weighted by atomic mass is 10.1. The molecule has 1 amide bonds. The Morgan fingerprint density at radius 3 is 2.30 bits per heavy atom. The van der Waals surface area contributed by atoms with E-state index < -0.39 is 0 Å². The van der Waals surface area contributed by atoms with E-state index >= 15 is 0 Å². The van der Waals surface area contributed by atoms with Gasteiger partial charge in [0.2, 0.25) is 5.91 Å². The number of carbonyl (C=O) groups is 1. The van der Waals surface area contributed by atoms with Crippen molar-refractivity contribution in [3.63, 3.8) is 0 Å². The van der Waals surface area contributed by atoms with E-state index in [0.717, 1.165) is 44.8 Å². The highest BCUT2D eigenvalue weighted by Crippen LogP contribution is 2.29. The molecule has 0 atom stereocenters. The lowest BCUT2D eigenvalue weighted by Gasteiger charge is -2.26. The number of hydrogen-bond acceptors (Lipinski definition) is 5. The van der Waals surface area contributed by atoms with Crippen LogP contribution in [0.3, 0.4) is 0 Å². The lowest BCUT2D eigenvalue weighted by Crippen LogP contribution is -2.41. The molecule has 192 valence electrons. The van der Waals surface area contributed by atoms with E-state index in [1.54, 1.807) is 14.2 Å². The maximum absolute atomic E-state index is 13.1. The predicted molar refractivity (Wildman–Crippen MR) is 142 cm³/mol. The summed E-state index contributed by atoms with van der Waals surface area (Å²) in [5.74, 6) is 2.50. The largest absolute Gasteiger partial charge is 0.497 e. The molecule has 7 nitrogen and oxygen atoms in total. The molecule has 0 N–H and O–H groups in total. The Morgan fingerprint density at radius 1 is 0.865 bits per heavy atom. The molecule has 1 aliphatic rings. The summed E-state index contributed by atoms with van der Waals surface area (Å²) in [6.45, 7) is 3.54. The molecule has 2 heterocycles. The average Bonchev–Trinajstić information content (AvgIpc) is 3.28. The normalized spacial score (nSPS) is 13.5. The van der Waals surface area contributed by atoms with Crippen molar-refractivity contribution in [2.45, 2.75) is 19.6 Å². The van der Waals surface area contributed by atoms with Crippen LogP contribution >= 0.6 is 0 Å². The first-order valence-electron chi connectivity index (χ1n) is 12.5. The van der Waals surface area contributed by atoms with Gasteiger partial charge in [0.1, 0.15) is 23.9 Å². The van der Waals surface area contributed by atoms with E-state index in [9.17, 15) is 4.79 Å². The van der Waals surface area contributed by atoms with Crippen molar-refractivity contribution in [3.8, 4) is 17.2 Å². The molecule has 3 aromatic carbocycles. The number of ether oxygens (including phenoxy) is 4. The maximum Gasteiger partial charge on any atom is 0.227 e. The molecule has 0 bridgehead atoms. The summed E-state index contributed by atoms with van der Waals surface area (Å²) >= 11 is 0. The van der Waals surface area contributed by atoms with Gasteiger partial charge in [-0.3, -0.25) is 4.79 Å². The van der Waals surface area contributed by atoms with Crippen LogP contribution in [-0.2, 0) is 29.1 Å². The van der Waals surface area contributed by atoms with Crippen molar-refractivity contribution >= 4 is 16.8 Å². The van der Waals surface area contributed by atoms with Crippen LogP contribution in [0.25, 0.3) is 10.9 Å². The first kappa shape index (κ1) is 24.7. The van der Waals surface area contributed by atoms with Gasteiger partial charge in [-0.25, -0.2) is 0 Å². The number of morpholine rings is 1. The fourth-order valence-electron chi connectivity index (χ4n) is 4.70. The van der Waals surface area contributed by atoms with Gasteiger partial charge in [-0.05, 0) is 59.2 Å². The second-order valence-corrected chi connectivity index (χ2v) is 9.12. The Morgan fingerprint density at radius 2 is 1.57 bits per heavy atom. The third kappa shape index (κ3) is 5.89. The van der Waals surface area contributed by atoms with E-state index in [1.807, 2.05) is 59.5 Å². The molecule has 0 radical (unpaired) electrons. The molecule has 1 aliphatic heterocycles. The van der Waals surface area contributed by atoms with E-state index in [2.05, 4.69) is 22.9 Å². The molecule has 0 aliphatic carbocycles. The van der Waals surface area contributed by atoms with E-state index in [1.165, 1.54) is 0 Å². The highest BCUT2D eigenvalue weighted by atomic mass is 16.5. The summed E-state index contributed by atoms with van der Waals surface area (Å²) in [7, 11) is 3.33. The number of fused-ring (bicyclic) bond motifs is 1. The van der Waals surface area contributed by atoms with Crippen molar-refractivity contribution in [3.05, 3.63) is 89.6 Å².